The molecule has 3 N–H and O–H groups in total. The van der Waals surface area contributed by atoms with Crippen LogP contribution in [0.2, 0.25) is 5.02 Å². The quantitative estimate of drug-likeness (QED) is 0.532. The molecule has 3 aromatic heterocycles. The van der Waals surface area contributed by atoms with Crippen LogP contribution in [0.25, 0.3) is 5.57 Å². The molecule has 0 saturated carbocycles. The van der Waals surface area contributed by atoms with E-state index in [0.29, 0.717) is 41.6 Å². The first kappa shape index (κ1) is 21.9. The largest absolute Gasteiger partial charge is 0.420 e. The number of nitrogens with one attached hydrogen (secondary N) is 1. The molecule has 0 saturated heterocycles. The van der Waals surface area contributed by atoms with Crippen LogP contribution < -0.4 is 5.32 Å². The smallest absolute Gasteiger partial charge is 0.323 e. The number of carbonyl (C=O) groups is 1. The average molecular weight is 457 g/mol. The van der Waals surface area contributed by atoms with Gasteiger partial charge in [-0.05, 0) is 36.6 Å². The fourth-order valence-corrected chi connectivity index (χ4v) is 3.52. The number of carbonyl (C=O) groups excluding carboxylic acids is 1. The molecule has 0 aromatic carbocycles. The van der Waals surface area contributed by atoms with Gasteiger partial charge in [0.05, 0.1) is 10.7 Å². The Hall–Kier alpha value is -3.34. The van der Waals surface area contributed by atoms with Gasteiger partial charge in [-0.2, -0.15) is 0 Å². The highest BCUT2D eigenvalue weighted by molar-refractivity contribution is 6.32. The second kappa shape index (κ2) is 9.43. The summed E-state index contributed by atoms with van der Waals surface area (Å²) in [4.78, 5) is 22.7. The molecule has 2 amide bonds. The summed E-state index contributed by atoms with van der Waals surface area (Å²) >= 11 is 6.42. The van der Waals surface area contributed by atoms with Crippen LogP contribution in [0.15, 0.2) is 41.1 Å². The SMILES string of the molecule is Cc1ccc(NC(=O)N2CC=C(c3ncc(C(O)c4nnc(CO)o4)cc3Cl)CC2)nc1. The van der Waals surface area contributed by atoms with Crippen LogP contribution in [0.1, 0.15) is 41.1 Å². The molecule has 1 atom stereocenters. The lowest BCUT2D eigenvalue weighted by molar-refractivity contribution is 0.170. The molecule has 10 nitrogen and oxygen atoms in total. The van der Waals surface area contributed by atoms with Crippen LogP contribution in [-0.4, -0.2) is 54.4 Å². The maximum atomic E-state index is 12.5. The standard InChI is InChI=1S/C21H21ClN6O4/c1-12-2-3-16(23-9-12)25-21(31)28-6-4-13(5-7-28)18-15(22)8-14(10-24-18)19(30)20-27-26-17(11-29)32-20/h2-4,8-10,19,29-30H,5-7,11H2,1H3,(H,23,25,31). The molecule has 0 bridgehead atoms. The van der Waals surface area contributed by atoms with E-state index in [1.165, 1.54) is 6.20 Å². The third kappa shape index (κ3) is 4.77. The molecule has 3 aromatic rings. The molecular weight excluding hydrogens is 436 g/mol. The number of aliphatic hydroxyl groups excluding tert-OH is 2. The van der Waals surface area contributed by atoms with E-state index in [4.69, 9.17) is 21.1 Å². The Morgan fingerprint density at radius 1 is 1.31 bits per heavy atom. The highest BCUT2D eigenvalue weighted by Crippen LogP contribution is 2.30. The van der Waals surface area contributed by atoms with Crippen molar-refractivity contribution in [3.05, 3.63) is 70.3 Å². The number of nitrogens with zero attached hydrogens (tertiary/aromatic N) is 5. The Balaban J connectivity index is 1.42. The first-order valence-corrected chi connectivity index (χ1v) is 10.3. The second-order valence-electron chi connectivity index (χ2n) is 7.27. The topological polar surface area (TPSA) is 138 Å². The predicted molar refractivity (Wildman–Crippen MR) is 116 cm³/mol. The van der Waals surface area contributed by atoms with E-state index in [0.717, 1.165) is 11.1 Å². The van der Waals surface area contributed by atoms with Crippen LogP contribution in [0.3, 0.4) is 0 Å². The summed E-state index contributed by atoms with van der Waals surface area (Å²) in [6, 6.07) is 5.00. The molecule has 0 spiro atoms. The zero-order valence-corrected chi connectivity index (χ0v) is 18.0. The van der Waals surface area contributed by atoms with Crippen LogP contribution in [-0.2, 0) is 6.61 Å². The van der Waals surface area contributed by atoms with Crippen molar-refractivity contribution in [1.29, 1.82) is 0 Å². The summed E-state index contributed by atoms with van der Waals surface area (Å²) in [5.41, 5.74) is 2.90. The Labute approximate surface area is 188 Å². The Bertz CT molecular complexity index is 1150. The van der Waals surface area contributed by atoms with E-state index in [1.54, 1.807) is 23.2 Å². The highest BCUT2D eigenvalue weighted by Gasteiger charge is 2.23. The number of rotatable bonds is 5. The minimum absolute atomic E-state index is 0.00818. The van der Waals surface area contributed by atoms with Crippen LogP contribution in [0.5, 0.6) is 0 Å². The molecule has 1 aliphatic heterocycles. The van der Waals surface area contributed by atoms with E-state index < -0.39 is 12.7 Å². The van der Waals surface area contributed by atoms with Gasteiger partial charge in [0, 0.05) is 31.0 Å². The minimum Gasteiger partial charge on any atom is -0.420 e. The highest BCUT2D eigenvalue weighted by atomic mass is 35.5. The van der Waals surface area contributed by atoms with Crippen molar-refractivity contribution in [1.82, 2.24) is 25.1 Å². The van der Waals surface area contributed by atoms with E-state index in [-0.39, 0.29) is 17.8 Å². The Morgan fingerprint density at radius 2 is 2.16 bits per heavy atom. The van der Waals surface area contributed by atoms with Crippen molar-refractivity contribution in [3.8, 4) is 0 Å². The van der Waals surface area contributed by atoms with Crippen molar-refractivity contribution in [3.63, 3.8) is 0 Å². The normalized spacial score (nSPS) is 14.8. The molecule has 32 heavy (non-hydrogen) atoms. The van der Waals surface area contributed by atoms with Gasteiger partial charge in [-0.1, -0.05) is 23.7 Å². The number of aromatic nitrogens is 4. The van der Waals surface area contributed by atoms with E-state index in [9.17, 15) is 9.90 Å². The number of aryl methyl sites for hydroxylation is 1. The van der Waals surface area contributed by atoms with Gasteiger partial charge in [0.25, 0.3) is 0 Å². The second-order valence-corrected chi connectivity index (χ2v) is 7.68. The number of urea groups is 1. The van der Waals surface area contributed by atoms with Crippen molar-refractivity contribution in [2.75, 3.05) is 18.4 Å². The lowest BCUT2D eigenvalue weighted by Gasteiger charge is -2.26. The fraction of sp³-hybridized carbons (Fsp3) is 0.286. The number of hydrogen-bond donors (Lipinski definition) is 3. The van der Waals surface area contributed by atoms with Gasteiger partial charge in [0.1, 0.15) is 12.4 Å². The number of pyridine rings is 2. The van der Waals surface area contributed by atoms with Crippen molar-refractivity contribution in [2.45, 2.75) is 26.1 Å². The molecule has 0 fully saturated rings. The van der Waals surface area contributed by atoms with Crippen molar-refractivity contribution >= 4 is 29.0 Å². The minimum atomic E-state index is -1.21. The van der Waals surface area contributed by atoms with Crippen molar-refractivity contribution < 1.29 is 19.4 Å². The fourth-order valence-electron chi connectivity index (χ4n) is 3.22. The summed E-state index contributed by atoms with van der Waals surface area (Å²) in [7, 11) is 0. The van der Waals surface area contributed by atoms with Crippen LogP contribution in [0, 0.1) is 6.92 Å². The van der Waals surface area contributed by atoms with Crippen molar-refractivity contribution in [2.24, 2.45) is 0 Å². The maximum Gasteiger partial charge on any atom is 0.323 e. The maximum absolute atomic E-state index is 12.5. The number of hydrogen-bond acceptors (Lipinski definition) is 8. The summed E-state index contributed by atoms with van der Waals surface area (Å²) in [6.45, 7) is 2.42. The Morgan fingerprint density at radius 3 is 2.78 bits per heavy atom. The van der Waals surface area contributed by atoms with Gasteiger partial charge >= 0.3 is 6.03 Å². The third-order valence-corrected chi connectivity index (χ3v) is 5.26. The molecular formula is C21H21ClN6O4. The first-order chi connectivity index (χ1) is 15.4. The Kier molecular flexibility index (Phi) is 6.45. The molecule has 0 radical (unpaired) electrons. The van der Waals surface area contributed by atoms with Gasteiger partial charge in [-0.15, -0.1) is 10.2 Å². The lowest BCUT2D eigenvalue weighted by Crippen LogP contribution is -2.38. The summed E-state index contributed by atoms with van der Waals surface area (Å²) in [5.74, 6) is 0.455. The van der Waals surface area contributed by atoms with Gasteiger partial charge in [0.15, 0.2) is 6.10 Å². The zero-order valence-electron chi connectivity index (χ0n) is 17.2. The summed E-state index contributed by atoms with van der Waals surface area (Å²) < 4.78 is 5.17. The molecule has 166 valence electrons. The number of aliphatic hydroxyl groups is 2. The number of halogens is 1. The number of amides is 2. The van der Waals surface area contributed by atoms with E-state index in [2.05, 4.69) is 25.5 Å². The summed E-state index contributed by atoms with van der Waals surface area (Å²) in [5, 5.41) is 29.9. The van der Waals surface area contributed by atoms with E-state index >= 15 is 0 Å². The third-order valence-electron chi connectivity index (χ3n) is 4.98. The first-order valence-electron chi connectivity index (χ1n) is 9.89. The molecule has 1 aliphatic rings. The van der Waals surface area contributed by atoms with Crippen LogP contribution in [0.4, 0.5) is 10.6 Å². The zero-order chi connectivity index (χ0) is 22.7. The van der Waals surface area contributed by atoms with Gasteiger partial charge < -0.3 is 19.5 Å². The number of anilines is 1. The van der Waals surface area contributed by atoms with Gasteiger partial charge in [0.2, 0.25) is 11.8 Å². The lowest BCUT2D eigenvalue weighted by atomic mass is 10.0. The molecule has 11 heteroatoms. The summed E-state index contributed by atoms with van der Waals surface area (Å²) in [6.07, 6.45) is 4.45. The molecule has 4 heterocycles. The van der Waals surface area contributed by atoms with Crippen LogP contribution >= 0.6 is 11.6 Å². The monoisotopic (exact) mass is 456 g/mol. The van der Waals surface area contributed by atoms with E-state index in [1.807, 2.05) is 19.1 Å². The predicted octanol–water partition coefficient (Wildman–Crippen LogP) is 2.72. The molecule has 0 aliphatic carbocycles. The molecule has 1 unspecified atom stereocenters. The van der Waals surface area contributed by atoms with Gasteiger partial charge in [-0.25, -0.2) is 9.78 Å². The van der Waals surface area contributed by atoms with Gasteiger partial charge in [-0.3, -0.25) is 10.3 Å². The molecule has 4 rings (SSSR count). The average Bonchev–Trinajstić information content (AvgIpc) is 3.29.